The zero-order valence-electron chi connectivity index (χ0n) is 15.1. The molecule has 0 saturated carbocycles. The van der Waals surface area contributed by atoms with Gasteiger partial charge in [0.15, 0.2) is 0 Å². The molecule has 0 aromatic heterocycles. The van der Waals surface area contributed by atoms with Crippen molar-refractivity contribution < 1.29 is 14.4 Å². The maximum absolute atomic E-state index is 12.4. The van der Waals surface area contributed by atoms with Crippen LogP contribution in [0.3, 0.4) is 0 Å². The van der Waals surface area contributed by atoms with Crippen LogP contribution < -0.4 is 5.32 Å². The number of carbonyl (C=O) groups is 3. The lowest BCUT2D eigenvalue weighted by atomic mass is 9.87. The van der Waals surface area contributed by atoms with Gasteiger partial charge in [0.05, 0.1) is 4.91 Å². The van der Waals surface area contributed by atoms with E-state index in [1.165, 1.54) is 10.5 Å². The van der Waals surface area contributed by atoms with Crippen LogP contribution in [-0.2, 0) is 15.0 Å². The molecule has 134 valence electrons. The van der Waals surface area contributed by atoms with Gasteiger partial charge in [-0.1, -0.05) is 52.0 Å². The van der Waals surface area contributed by atoms with Crippen molar-refractivity contribution in [1.29, 1.82) is 0 Å². The molecule has 1 aromatic carbocycles. The van der Waals surface area contributed by atoms with Crippen LogP contribution in [0.15, 0.2) is 29.2 Å². The minimum absolute atomic E-state index is 0.0687. The van der Waals surface area contributed by atoms with E-state index in [0.717, 1.165) is 17.3 Å². The van der Waals surface area contributed by atoms with Crippen molar-refractivity contribution in [2.24, 2.45) is 0 Å². The average molecular weight is 360 g/mol. The van der Waals surface area contributed by atoms with Crippen molar-refractivity contribution in [1.82, 2.24) is 10.2 Å². The molecule has 25 heavy (non-hydrogen) atoms. The van der Waals surface area contributed by atoms with Crippen LogP contribution in [0, 0.1) is 0 Å². The molecule has 1 fully saturated rings. The zero-order valence-corrected chi connectivity index (χ0v) is 15.9. The highest BCUT2D eigenvalue weighted by Gasteiger charge is 2.34. The molecule has 1 heterocycles. The van der Waals surface area contributed by atoms with Gasteiger partial charge < -0.3 is 5.32 Å². The Hall–Kier alpha value is -2.08. The van der Waals surface area contributed by atoms with Crippen LogP contribution >= 0.6 is 11.8 Å². The van der Waals surface area contributed by atoms with Crippen LogP contribution in [0.2, 0.25) is 0 Å². The smallest absolute Gasteiger partial charge is 0.293 e. The van der Waals surface area contributed by atoms with Crippen molar-refractivity contribution in [3.05, 3.63) is 40.3 Å². The number of hydrogen-bond donors (Lipinski definition) is 1. The summed E-state index contributed by atoms with van der Waals surface area (Å²) < 4.78 is 0. The van der Waals surface area contributed by atoms with Crippen LogP contribution in [-0.4, -0.2) is 35.0 Å². The Morgan fingerprint density at radius 2 is 1.84 bits per heavy atom. The predicted molar refractivity (Wildman–Crippen MR) is 101 cm³/mol. The lowest BCUT2D eigenvalue weighted by Gasteiger charge is -2.18. The lowest BCUT2D eigenvalue weighted by Crippen LogP contribution is -2.37. The normalized spacial score (nSPS) is 16.6. The third-order valence-electron chi connectivity index (χ3n) is 3.93. The highest BCUT2D eigenvalue weighted by molar-refractivity contribution is 8.18. The van der Waals surface area contributed by atoms with Crippen LogP contribution in [0.4, 0.5) is 4.79 Å². The first-order chi connectivity index (χ1) is 11.7. The first-order valence-corrected chi connectivity index (χ1v) is 9.16. The number of rotatable bonds is 5. The monoisotopic (exact) mass is 360 g/mol. The Balaban J connectivity index is 2.05. The van der Waals surface area contributed by atoms with Crippen molar-refractivity contribution in [2.75, 3.05) is 13.1 Å². The first-order valence-electron chi connectivity index (χ1n) is 8.35. The number of benzene rings is 1. The predicted octanol–water partition coefficient (Wildman–Crippen LogP) is 3.55. The average Bonchev–Trinajstić information content (AvgIpc) is 2.81. The van der Waals surface area contributed by atoms with E-state index in [2.05, 4.69) is 26.1 Å². The summed E-state index contributed by atoms with van der Waals surface area (Å²) in [4.78, 5) is 37.3. The minimum atomic E-state index is -0.305. The maximum atomic E-state index is 12.4. The fourth-order valence-electron chi connectivity index (χ4n) is 2.36. The Labute approximate surface area is 152 Å². The molecule has 1 aliphatic heterocycles. The van der Waals surface area contributed by atoms with E-state index in [1.807, 2.05) is 24.3 Å². The maximum Gasteiger partial charge on any atom is 0.293 e. The summed E-state index contributed by atoms with van der Waals surface area (Å²) in [7, 11) is 0. The number of hydrogen-bond acceptors (Lipinski definition) is 4. The summed E-state index contributed by atoms with van der Waals surface area (Å²) >= 11 is 0.937. The fraction of sp³-hybridized carbons (Fsp3) is 0.421. The summed E-state index contributed by atoms with van der Waals surface area (Å²) in [5.74, 6) is -0.401. The van der Waals surface area contributed by atoms with E-state index in [9.17, 15) is 14.4 Å². The molecule has 5 nitrogen and oxygen atoms in total. The van der Waals surface area contributed by atoms with Gasteiger partial charge in [-0.05, 0) is 34.4 Å². The lowest BCUT2D eigenvalue weighted by molar-refractivity contribution is -0.124. The zero-order chi connectivity index (χ0) is 18.6. The van der Waals surface area contributed by atoms with Crippen molar-refractivity contribution in [2.45, 2.75) is 39.5 Å². The number of thioether (sulfide) groups is 1. The van der Waals surface area contributed by atoms with Crippen molar-refractivity contribution in [3.63, 3.8) is 0 Å². The highest BCUT2D eigenvalue weighted by atomic mass is 32.2. The highest BCUT2D eigenvalue weighted by Crippen LogP contribution is 2.32. The van der Waals surface area contributed by atoms with E-state index >= 15 is 0 Å². The second-order valence-electron chi connectivity index (χ2n) is 6.91. The quantitative estimate of drug-likeness (QED) is 0.816. The summed E-state index contributed by atoms with van der Waals surface area (Å²) in [6, 6.07) is 7.98. The van der Waals surface area contributed by atoms with E-state index < -0.39 is 0 Å². The fourth-order valence-corrected chi connectivity index (χ4v) is 3.22. The Morgan fingerprint density at radius 3 is 2.40 bits per heavy atom. The summed E-state index contributed by atoms with van der Waals surface area (Å²) in [6.07, 6.45) is 2.12. The number of nitrogens with zero attached hydrogens (tertiary/aromatic N) is 1. The van der Waals surface area contributed by atoms with Gasteiger partial charge in [-0.25, -0.2) is 0 Å². The second kappa shape index (κ2) is 7.87. The van der Waals surface area contributed by atoms with Gasteiger partial charge in [0.25, 0.3) is 11.1 Å². The summed E-state index contributed by atoms with van der Waals surface area (Å²) in [5, 5.41) is 2.37. The molecule has 1 N–H and O–H groups in total. The molecule has 2 rings (SSSR count). The van der Waals surface area contributed by atoms with Gasteiger partial charge in [0.1, 0.15) is 0 Å². The summed E-state index contributed by atoms with van der Waals surface area (Å²) in [6.45, 7) is 8.65. The number of amides is 3. The van der Waals surface area contributed by atoms with E-state index in [0.29, 0.717) is 11.3 Å². The van der Waals surface area contributed by atoms with Gasteiger partial charge >= 0.3 is 0 Å². The molecule has 0 unspecified atom stereocenters. The summed E-state index contributed by atoms with van der Waals surface area (Å²) in [5.41, 5.74) is 2.17. The standard InChI is InChI=1S/C19H24N2O3S/c1-5-16(22)20-10-11-21-17(23)15(25-18(21)24)12-13-6-8-14(9-7-13)19(2,3)4/h6-9,12H,5,10-11H2,1-4H3,(H,20,22)/b15-12+. The van der Waals surface area contributed by atoms with Crippen LogP contribution in [0.1, 0.15) is 45.2 Å². The molecular weight excluding hydrogens is 336 g/mol. The van der Waals surface area contributed by atoms with Gasteiger partial charge in [0.2, 0.25) is 5.91 Å². The first kappa shape index (κ1) is 19.2. The van der Waals surface area contributed by atoms with Crippen molar-refractivity contribution >= 4 is 34.9 Å². The van der Waals surface area contributed by atoms with E-state index in [4.69, 9.17) is 0 Å². The molecule has 0 aliphatic carbocycles. The molecule has 1 aromatic rings. The second-order valence-corrected chi connectivity index (χ2v) is 7.90. The molecule has 0 spiro atoms. The Morgan fingerprint density at radius 1 is 1.20 bits per heavy atom. The van der Waals surface area contributed by atoms with Crippen molar-refractivity contribution in [3.8, 4) is 0 Å². The number of carbonyl (C=O) groups excluding carboxylic acids is 3. The van der Waals surface area contributed by atoms with E-state index in [-0.39, 0.29) is 35.6 Å². The van der Waals surface area contributed by atoms with Gasteiger partial charge in [0, 0.05) is 19.5 Å². The van der Waals surface area contributed by atoms with Gasteiger partial charge in [-0.2, -0.15) is 0 Å². The van der Waals surface area contributed by atoms with Crippen LogP contribution in [0.25, 0.3) is 6.08 Å². The Bertz CT molecular complexity index is 702. The molecule has 1 aliphatic rings. The third kappa shape index (κ3) is 4.95. The largest absolute Gasteiger partial charge is 0.354 e. The topological polar surface area (TPSA) is 66.5 Å². The molecule has 0 atom stereocenters. The van der Waals surface area contributed by atoms with E-state index in [1.54, 1.807) is 13.0 Å². The van der Waals surface area contributed by atoms with Gasteiger partial charge in [-0.15, -0.1) is 0 Å². The number of nitrogens with one attached hydrogen (secondary N) is 1. The van der Waals surface area contributed by atoms with Crippen LogP contribution in [0.5, 0.6) is 0 Å². The molecule has 3 amide bonds. The molecule has 0 radical (unpaired) electrons. The minimum Gasteiger partial charge on any atom is -0.354 e. The molecule has 6 heteroatoms. The molecule has 1 saturated heterocycles. The molecular formula is C19H24N2O3S. The Kier molecular flexibility index (Phi) is 6.06. The molecule has 0 bridgehead atoms. The SMILES string of the molecule is CCC(=O)NCCN1C(=O)S/C(=C/c2ccc(C(C)(C)C)cc2)C1=O. The third-order valence-corrected chi connectivity index (χ3v) is 4.83. The number of imide groups is 1. The van der Waals surface area contributed by atoms with Gasteiger partial charge in [-0.3, -0.25) is 19.3 Å².